The van der Waals surface area contributed by atoms with Gasteiger partial charge in [0, 0.05) is 6.54 Å². The van der Waals surface area contributed by atoms with Gasteiger partial charge in [-0.25, -0.2) is 4.79 Å². The second kappa shape index (κ2) is 6.21. The molecule has 0 saturated heterocycles. The molecular weight excluding hydrogens is 251 g/mol. The van der Waals surface area contributed by atoms with E-state index in [9.17, 15) is 4.79 Å². The lowest BCUT2D eigenvalue weighted by Gasteiger charge is -2.07. The van der Waals surface area contributed by atoms with E-state index in [-0.39, 0.29) is 23.7 Å². The molecule has 16 heavy (non-hydrogen) atoms. The summed E-state index contributed by atoms with van der Waals surface area (Å²) in [6.45, 7) is 0.230. The Kier molecular flexibility index (Phi) is 4.90. The Morgan fingerprint density at radius 3 is 2.94 bits per heavy atom. The van der Waals surface area contributed by atoms with Crippen LogP contribution < -0.4 is 10.1 Å². The van der Waals surface area contributed by atoms with Crippen LogP contribution in [0.25, 0.3) is 0 Å². The topological polar surface area (TPSA) is 62.1 Å². The minimum Gasteiger partial charge on any atom is -0.409 e. The minimum absolute atomic E-state index is 0.180. The number of carbonyl (C=O) groups excluding carboxylic acids is 1. The molecule has 0 radical (unpaired) electrons. The van der Waals surface area contributed by atoms with Gasteiger partial charge in [0.1, 0.15) is 5.02 Å². The molecule has 6 heteroatoms. The zero-order valence-electron chi connectivity index (χ0n) is 8.17. The number of ether oxygens (including phenoxy) is 1. The molecule has 0 aromatic heterocycles. The molecule has 0 heterocycles. The van der Waals surface area contributed by atoms with Crippen LogP contribution in [0.15, 0.2) is 18.2 Å². The molecule has 0 unspecified atom stereocenters. The normalized spacial score (nSPS) is 9.31. The summed E-state index contributed by atoms with van der Waals surface area (Å²) < 4.78 is 4.90. The minimum atomic E-state index is -0.667. The van der Waals surface area contributed by atoms with Crippen molar-refractivity contribution in [1.82, 2.24) is 5.32 Å². The third-order valence-corrected chi connectivity index (χ3v) is 2.43. The number of amides is 1. The SMILES string of the molecule is N#CCCNC(=O)Oc1cccc(Cl)c1Cl. The standard InChI is InChI=1S/C10H8Cl2N2O2/c11-7-3-1-4-8(9(7)12)16-10(15)14-6-2-5-13/h1,3-4H,2,6H2,(H,14,15). The summed E-state index contributed by atoms with van der Waals surface area (Å²) in [6, 6.07) is 6.62. The Balaban J connectivity index is 2.57. The summed E-state index contributed by atoms with van der Waals surface area (Å²) in [7, 11) is 0. The van der Waals surface area contributed by atoms with Crippen molar-refractivity contribution in [2.75, 3.05) is 6.54 Å². The maximum Gasteiger partial charge on any atom is 0.412 e. The molecule has 0 atom stereocenters. The largest absolute Gasteiger partial charge is 0.412 e. The molecule has 0 aliphatic rings. The molecule has 0 spiro atoms. The van der Waals surface area contributed by atoms with Gasteiger partial charge in [-0.05, 0) is 12.1 Å². The molecule has 0 bridgehead atoms. The van der Waals surface area contributed by atoms with E-state index < -0.39 is 6.09 Å². The lowest BCUT2D eigenvalue weighted by atomic mass is 10.3. The van der Waals surface area contributed by atoms with Gasteiger partial charge in [-0.3, -0.25) is 0 Å². The van der Waals surface area contributed by atoms with Gasteiger partial charge >= 0.3 is 6.09 Å². The van der Waals surface area contributed by atoms with Gasteiger partial charge in [0.15, 0.2) is 5.75 Å². The van der Waals surface area contributed by atoms with Gasteiger partial charge in [0.25, 0.3) is 0 Å². The molecule has 1 aromatic carbocycles. The van der Waals surface area contributed by atoms with Crippen LogP contribution in [0.3, 0.4) is 0 Å². The number of nitriles is 1. The molecule has 0 aliphatic carbocycles. The Labute approximate surface area is 103 Å². The number of halogens is 2. The van der Waals surface area contributed by atoms with Gasteiger partial charge < -0.3 is 10.1 Å². The quantitative estimate of drug-likeness (QED) is 0.848. The second-order valence-electron chi connectivity index (χ2n) is 2.78. The van der Waals surface area contributed by atoms with Crippen molar-refractivity contribution in [1.29, 1.82) is 5.26 Å². The Morgan fingerprint density at radius 1 is 1.50 bits per heavy atom. The Morgan fingerprint density at radius 2 is 2.25 bits per heavy atom. The molecule has 4 nitrogen and oxygen atoms in total. The van der Waals surface area contributed by atoms with Crippen molar-refractivity contribution >= 4 is 29.3 Å². The third-order valence-electron chi connectivity index (χ3n) is 1.62. The summed E-state index contributed by atoms with van der Waals surface area (Å²) in [5.74, 6) is 0.184. The highest BCUT2D eigenvalue weighted by molar-refractivity contribution is 6.43. The van der Waals surface area contributed by atoms with Crippen molar-refractivity contribution < 1.29 is 9.53 Å². The highest BCUT2D eigenvalue weighted by atomic mass is 35.5. The van der Waals surface area contributed by atoms with E-state index in [0.29, 0.717) is 5.02 Å². The maximum absolute atomic E-state index is 11.2. The van der Waals surface area contributed by atoms with E-state index in [1.54, 1.807) is 12.1 Å². The molecule has 1 rings (SSSR count). The van der Waals surface area contributed by atoms with Crippen LogP contribution in [-0.2, 0) is 0 Å². The van der Waals surface area contributed by atoms with Crippen LogP contribution in [0.5, 0.6) is 5.75 Å². The predicted molar refractivity (Wildman–Crippen MR) is 60.7 cm³/mol. The number of benzene rings is 1. The Bertz CT molecular complexity index is 429. The first-order valence-electron chi connectivity index (χ1n) is 4.42. The molecule has 1 N–H and O–H groups in total. The molecule has 0 saturated carbocycles. The predicted octanol–water partition coefficient (Wildman–Crippen LogP) is 3.00. The molecule has 84 valence electrons. The van der Waals surface area contributed by atoms with E-state index in [4.69, 9.17) is 33.2 Å². The first-order valence-corrected chi connectivity index (χ1v) is 5.17. The Hall–Kier alpha value is -1.44. The zero-order valence-corrected chi connectivity index (χ0v) is 9.68. The van der Waals surface area contributed by atoms with Gasteiger partial charge in [-0.15, -0.1) is 0 Å². The average Bonchev–Trinajstić information content (AvgIpc) is 2.25. The van der Waals surface area contributed by atoms with E-state index in [0.717, 1.165) is 0 Å². The lowest BCUT2D eigenvalue weighted by molar-refractivity contribution is 0.201. The molecule has 1 aromatic rings. The van der Waals surface area contributed by atoms with Crippen LogP contribution >= 0.6 is 23.2 Å². The number of nitrogens with zero attached hydrogens (tertiary/aromatic N) is 1. The van der Waals surface area contributed by atoms with Crippen LogP contribution in [-0.4, -0.2) is 12.6 Å². The maximum atomic E-state index is 11.2. The number of hydrogen-bond donors (Lipinski definition) is 1. The highest BCUT2D eigenvalue weighted by Gasteiger charge is 2.09. The number of carbonyl (C=O) groups is 1. The first kappa shape index (κ1) is 12.6. The van der Waals surface area contributed by atoms with Crippen molar-refractivity contribution in [3.63, 3.8) is 0 Å². The second-order valence-corrected chi connectivity index (χ2v) is 3.56. The lowest BCUT2D eigenvalue weighted by Crippen LogP contribution is -2.27. The molecular formula is C10H8Cl2N2O2. The number of nitrogens with one attached hydrogen (secondary N) is 1. The van der Waals surface area contributed by atoms with Crippen molar-refractivity contribution in [2.24, 2.45) is 0 Å². The van der Waals surface area contributed by atoms with Crippen LogP contribution in [0.4, 0.5) is 4.79 Å². The van der Waals surface area contributed by atoms with Gasteiger partial charge in [0.05, 0.1) is 17.5 Å². The monoisotopic (exact) mass is 258 g/mol. The van der Waals surface area contributed by atoms with Gasteiger partial charge in [0.2, 0.25) is 0 Å². The van der Waals surface area contributed by atoms with E-state index in [2.05, 4.69) is 5.32 Å². The summed E-state index contributed by atoms with van der Waals surface area (Å²) >= 11 is 11.5. The third kappa shape index (κ3) is 3.61. The molecule has 0 fully saturated rings. The fourth-order valence-electron chi connectivity index (χ4n) is 0.919. The fraction of sp³-hybridized carbons (Fsp3) is 0.200. The van der Waals surface area contributed by atoms with Crippen LogP contribution in [0.2, 0.25) is 10.0 Å². The van der Waals surface area contributed by atoms with E-state index in [1.807, 2.05) is 6.07 Å². The van der Waals surface area contributed by atoms with Crippen molar-refractivity contribution in [3.05, 3.63) is 28.2 Å². The fourth-order valence-corrected chi connectivity index (χ4v) is 1.25. The zero-order chi connectivity index (χ0) is 12.0. The smallest absolute Gasteiger partial charge is 0.409 e. The molecule has 0 aliphatic heterocycles. The van der Waals surface area contributed by atoms with Gasteiger partial charge in [-0.2, -0.15) is 5.26 Å². The first-order chi connectivity index (χ1) is 7.65. The number of hydrogen-bond acceptors (Lipinski definition) is 3. The molecule has 1 amide bonds. The summed E-state index contributed by atoms with van der Waals surface area (Å²) in [5, 5.41) is 11.2. The summed E-state index contributed by atoms with van der Waals surface area (Å²) in [4.78, 5) is 11.2. The summed E-state index contributed by atoms with van der Waals surface area (Å²) in [6.07, 6.45) is -0.447. The van der Waals surface area contributed by atoms with Crippen LogP contribution in [0.1, 0.15) is 6.42 Å². The van der Waals surface area contributed by atoms with Crippen molar-refractivity contribution in [3.8, 4) is 11.8 Å². The van der Waals surface area contributed by atoms with Crippen molar-refractivity contribution in [2.45, 2.75) is 6.42 Å². The highest BCUT2D eigenvalue weighted by Crippen LogP contribution is 2.31. The summed E-state index contributed by atoms with van der Waals surface area (Å²) in [5.41, 5.74) is 0. The number of rotatable bonds is 3. The van der Waals surface area contributed by atoms with Crippen LogP contribution in [0, 0.1) is 11.3 Å². The van der Waals surface area contributed by atoms with E-state index in [1.165, 1.54) is 6.07 Å². The average molecular weight is 259 g/mol. The van der Waals surface area contributed by atoms with Gasteiger partial charge in [-0.1, -0.05) is 29.3 Å². The van der Waals surface area contributed by atoms with E-state index >= 15 is 0 Å².